The van der Waals surface area contributed by atoms with Crippen molar-refractivity contribution in [3.8, 4) is 0 Å². The van der Waals surface area contributed by atoms with Crippen molar-refractivity contribution < 1.29 is 8.83 Å². The molecular formula is C62H38N4O2. The summed E-state index contributed by atoms with van der Waals surface area (Å²) in [5.41, 5.74) is 16.5. The van der Waals surface area contributed by atoms with Crippen LogP contribution in [0.15, 0.2) is 239 Å². The molecule has 0 bridgehead atoms. The fraction of sp³-hybridized carbons (Fsp3) is 0. The van der Waals surface area contributed by atoms with Gasteiger partial charge in [-0.25, -0.2) is 0 Å². The summed E-state index contributed by atoms with van der Waals surface area (Å²) in [6.07, 6.45) is 0. The van der Waals surface area contributed by atoms with Crippen molar-refractivity contribution in [1.82, 2.24) is 0 Å². The minimum Gasteiger partial charge on any atom is -0.456 e. The Balaban J connectivity index is 0.885. The van der Waals surface area contributed by atoms with Gasteiger partial charge in [-0.15, -0.1) is 0 Å². The molecule has 0 fully saturated rings. The number of anilines is 12. The molecule has 15 rings (SSSR count). The maximum atomic E-state index is 6.54. The Labute approximate surface area is 390 Å². The van der Waals surface area contributed by atoms with E-state index >= 15 is 0 Å². The van der Waals surface area contributed by atoms with E-state index < -0.39 is 0 Å². The third-order valence-electron chi connectivity index (χ3n) is 13.9. The summed E-state index contributed by atoms with van der Waals surface area (Å²) >= 11 is 0. The van der Waals surface area contributed by atoms with Crippen LogP contribution >= 0.6 is 0 Å². The Hall–Kier alpha value is -9.26. The largest absolute Gasteiger partial charge is 0.456 e. The first-order valence-electron chi connectivity index (χ1n) is 23.1. The zero-order chi connectivity index (χ0) is 44.5. The van der Waals surface area contributed by atoms with E-state index in [2.05, 4.69) is 238 Å². The van der Waals surface area contributed by atoms with Gasteiger partial charge in [0.25, 0.3) is 0 Å². The molecule has 6 heteroatoms. The quantitative estimate of drug-likeness (QED) is 0.164. The number of nitrogens with zero attached hydrogens (tertiary/aromatic N) is 4. The van der Waals surface area contributed by atoms with E-state index in [9.17, 15) is 0 Å². The van der Waals surface area contributed by atoms with E-state index in [-0.39, 0.29) is 0 Å². The smallest absolute Gasteiger partial charge is 0.137 e. The molecule has 4 heterocycles. The normalized spacial score (nSPS) is 13.2. The molecular weight excluding hydrogens is 833 g/mol. The monoisotopic (exact) mass is 870 g/mol. The van der Waals surface area contributed by atoms with Crippen LogP contribution in [0.2, 0.25) is 0 Å². The highest BCUT2D eigenvalue weighted by Crippen LogP contribution is 2.58. The number of para-hydroxylation sites is 8. The summed E-state index contributed by atoms with van der Waals surface area (Å²) in [6, 6.07) is 82.8. The van der Waals surface area contributed by atoms with Gasteiger partial charge in [-0.1, -0.05) is 109 Å². The van der Waals surface area contributed by atoms with Crippen LogP contribution in [-0.2, 0) is 0 Å². The number of furan rings is 2. The van der Waals surface area contributed by atoms with Crippen LogP contribution in [0.1, 0.15) is 0 Å². The van der Waals surface area contributed by atoms with Crippen molar-refractivity contribution in [2.45, 2.75) is 0 Å². The molecule has 11 aromatic carbocycles. The lowest BCUT2D eigenvalue weighted by molar-refractivity contribution is 0.668. The molecule has 0 unspecified atom stereocenters. The maximum Gasteiger partial charge on any atom is 0.137 e. The number of benzene rings is 11. The van der Waals surface area contributed by atoms with Crippen molar-refractivity contribution in [2.24, 2.45) is 0 Å². The lowest BCUT2D eigenvalue weighted by Crippen LogP contribution is -2.24. The SMILES string of the molecule is c1ccc(N2c3ccccc3N(c3ccc4cc5cc(N6c7ccccc7N(c7ccccc7)c7cc8c(cc76)oc6ccccc68)ccc5cc4c3)c3cc4oc5ccccc5c4cc32)cc1. The van der Waals surface area contributed by atoms with E-state index in [4.69, 9.17) is 8.83 Å². The van der Waals surface area contributed by atoms with Gasteiger partial charge < -0.3 is 28.4 Å². The highest BCUT2D eigenvalue weighted by atomic mass is 16.3. The second-order valence-electron chi connectivity index (χ2n) is 17.8. The Morgan fingerprint density at radius 3 is 0.985 bits per heavy atom. The van der Waals surface area contributed by atoms with Crippen LogP contribution in [0.5, 0.6) is 0 Å². The zero-order valence-corrected chi connectivity index (χ0v) is 36.5. The van der Waals surface area contributed by atoms with Crippen molar-refractivity contribution >= 4 is 134 Å². The highest BCUT2D eigenvalue weighted by Gasteiger charge is 2.34. The van der Waals surface area contributed by atoms with Gasteiger partial charge in [-0.3, -0.25) is 0 Å². The van der Waals surface area contributed by atoms with Crippen molar-refractivity contribution in [2.75, 3.05) is 19.6 Å². The van der Waals surface area contributed by atoms with Crippen molar-refractivity contribution in [1.29, 1.82) is 0 Å². The van der Waals surface area contributed by atoms with Gasteiger partial charge in [0.05, 0.1) is 45.5 Å². The Morgan fingerprint density at radius 1 is 0.206 bits per heavy atom. The maximum absolute atomic E-state index is 6.54. The summed E-state index contributed by atoms with van der Waals surface area (Å²) in [5, 5.41) is 9.07. The van der Waals surface area contributed by atoms with Gasteiger partial charge in [-0.2, -0.15) is 0 Å². The first kappa shape index (κ1) is 37.0. The summed E-state index contributed by atoms with van der Waals surface area (Å²) in [7, 11) is 0. The van der Waals surface area contributed by atoms with Gasteiger partial charge in [-0.05, 0) is 131 Å². The molecule has 2 aliphatic rings. The van der Waals surface area contributed by atoms with E-state index in [1.54, 1.807) is 0 Å². The molecule has 2 aliphatic heterocycles. The lowest BCUT2D eigenvalue weighted by atomic mass is 9.99. The van der Waals surface area contributed by atoms with Gasteiger partial charge >= 0.3 is 0 Å². The van der Waals surface area contributed by atoms with Crippen LogP contribution in [0, 0.1) is 0 Å². The molecule has 0 aliphatic carbocycles. The molecule has 0 radical (unpaired) electrons. The molecule has 0 saturated heterocycles. The predicted octanol–water partition coefficient (Wildman–Crippen LogP) is 18.3. The number of hydrogen-bond acceptors (Lipinski definition) is 6. The van der Waals surface area contributed by atoms with E-state index in [1.807, 2.05) is 12.1 Å². The molecule has 0 N–H and O–H groups in total. The molecule has 2 aromatic heterocycles. The Kier molecular flexibility index (Phi) is 7.69. The minimum absolute atomic E-state index is 0.860. The number of hydrogen-bond donors (Lipinski definition) is 0. The average Bonchev–Trinajstić information content (AvgIpc) is 3.95. The van der Waals surface area contributed by atoms with Crippen LogP contribution < -0.4 is 19.6 Å². The first-order chi connectivity index (χ1) is 33.7. The second-order valence-corrected chi connectivity index (χ2v) is 17.8. The van der Waals surface area contributed by atoms with Crippen LogP contribution in [0.4, 0.5) is 68.2 Å². The third kappa shape index (κ3) is 5.40. The van der Waals surface area contributed by atoms with Crippen molar-refractivity contribution in [3.63, 3.8) is 0 Å². The number of fused-ring (bicyclic) bond motifs is 12. The van der Waals surface area contributed by atoms with Gasteiger partial charge in [0, 0.05) is 56.4 Å². The zero-order valence-electron chi connectivity index (χ0n) is 36.5. The molecule has 13 aromatic rings. The molecule has 0 amide bonds. The molecule has 68 heavy (non-hydrogen) atoms. The van der Waals surface area contributed by atoms with Crippen LogP contribution in [0.25, 0.3) is 65.4 Å². The van der Waals surface area contributed by atoms with Crippen LogP contribution in [-0.4, -0.2) is 0 Å². The summed E-state index contributed by atoms with van der Waals surface area (Å²) in [6.45, 7) is 0. The number of rotatable bonds is 4. The standard InChI is InChI=1S/C62H38N4O2/c1-3-15-43(16-4-1)63-51-21-9-11-23-53(51)65(57-37-61-49(35-55(57)63)47-19-7-13-25-59(47)67-61)45-29-27-39-32-42-34-46(30-28-40(42)31-41(39)33-45)66-54-24-12-10-22-52(54)64(44-17-5-2-6-18-44)56-36-50-48-20-8-14-26-60(48)68-62(50)38-58(56)66/h1-38H. The molecule has 318 valence electrons. The van der Waals surface area contributed by atoms with Gasteiger partial charge in [0.15, 0.2) is 0 Å². The van der Waals surface area contributed by atoms with E-state index in [1.165, 1.54) is 10.8 Å². The Bertz CT molecular complexity index is 3920. The minimum atomic E-state index is 0.860. The summed E-state index contributed by atoms with van der Waals surface area (Å²) < 4.78 is 13.1. The third-order valence-corrected chi connectivity index (χ3v) is 13.9. The molecule has 6 nitrogen and oxygen atoms in total. The van der Waals surface area contributed by atoms with Gasteiger partial charge in [0.2, 0.25) is 0 Å². The fourth-order valence-corrected chi connectivity index (χ4v) is 10.9. The second kappa shape index (κ2) is 14.1. The highest BCUT2D eigenvalue weighted by molar-refractivity contribution is 6.15. The molecule has 0 atom stereocenters. The van der Waals surface area contributed by atoms with E-state index in [0.29, 0.717) is 0 Å². The topological polar surface area (TPSA) is 39.2 Å². The summed E-state index contributed by atoms with van der Waals surface area (Å²) in [5.74, 6) is 0. The van der Waals surface area contributed by atoms with Gasteiger partial charge in [0.1, 0.15) is 22.3 Å². The lowest BCUT2D eigenvalue weighted by Gasteiger charge is -2.40. The molecule has 0 saturated carbocycles. The van der Waals surface area contributed by atoms with Crippen LogP contribution in [0.3, 0.4) is 0 Å². The average molecular weight is 871 g/mol. The first-order valence-corrected chi connectivity index (χ1v) is 23.1. The predicted molar refractivity (Wildman–Crippen MR) is 282 cm³/mol. The molecule has 0 spiro atoms. The fourth-order valence-electron chi connectivity index (χ4n) is 10.9. The van der Waals surface area contributed by atoms with Crippen molar-refractivity contribution in [3.05, 3.63) is 231 Å². The van der Waals surface area contributed by atoms with E-state index in [0.717, 1.165) is 123 Å². The summed E-state index contributed by atoms with van der Waals surface area (Å²) in [4.78, 5) is 9.55. The Morgan fingerprint density at radius 2 is 0.559 bits per heavy atom.